The number of carbonyl (C=O) groups excluding carboxylic acids is 1. The molecule has 1 saturated heterocycles. The summed E-state index contributed by atoms with van der Waals surface area (Å²) in [5, 5.41) is 22.1. The molecule has 0 aromatic carbocycles. The van der Waals surface area contributed by atoms with E-state index in [2.05, 4.69) is 5.32 Å². The molecule has 0 aromatic rings. The maximum absolute atomic E-state index is 11.3. The van der Waals surface area contributed by atoms with E-state index in [1.807, 2.05) is 0 Å². The minimum atomic E-state index is -0.171. The van der Waals surface area contributed by atoms with E-state index >= 15 is 0 Å². The summed E-state index contributed by atoms with van der Waals surface area (Å²) < 4.78 is 0. The lowest BCUT2D eigenvalue weighted by atomic mass is 10.2. The van der Waals surface area contributed by atoms with Gasteiger partial charge in [-0.1, -0.05) is 0 Å². The first kappa shape index (κ1) is 10.4. The first-order valence-electron chi connectivity index (χ1n) is 4.48. The first-order valence-corrected chi connectivity index (χ1v) is 4.48. The second kappa shape index (κ2) is 5.16. The largest absolute Gasteiger partial charge is 0.394 e. The normalized spacial score (nSPS) is 23.7. The van der Waals surface area contributed by atoms with Crippen molar-refractivity contribution in [3.63, 3.8) is 0 Å². The molecule has 13 heavy (non-hydrogen) atoms. The Morgan fingerprint density at radius 1 is 1.62 bits per heavy atom. The molecule has 1 radical (unpaired) electrons. The van der Waals surface area contributed by atoms with Crippen LogP contribution in [0.1, 0.15) is 6.42 Å². The van der Waals surface area contributed by atoms with Crippen LogP contribution >= 0.6 is 0 Å². The average molecular weight is 187 g/mol. The zero-order chi connectivity index (χ0) is 9.68. The molecule has 1 amide bonds. The number of nitrogens with one attached hydrogen (secondary N) is 1. The SMILES string of the molecule is [O]CCCN1C(=O)CNCC1CO. The van der Waals surface area contributed by atoms with Crippen LogP contribution in [0.2, 0.25) is 0 Å². The first-order chi connectivity index (χ1) is 6.29. The highest BCUT2D eigenvalue weighted by atomic mass is 16.3. The van der Waals surface area contributed by atoms with Gasteiger partial charge in [0.1, 0.15) is 0 Å². The van der Waals surface area contributed by atoms with Crippen LogP contribution in [0.3, 0.4) is 0 Å². The standard InChI is InChI=1S/C8H15N2O3/c11-3-1-2-10-7(6-12)4-9-5-8(10)13/h7,9,12H,1-6H2. The van der Waals surface area contributed by atoms with E-state index in [4.69, 9.17) is 5.11 Å². The van der Waals surface area contributed by atoms with Gasteiger partial charge < -0.3 is 15.3 Å². The maximum Gasteiger partial charge on any atom is 0.236 e. The number of rotatable bonds is 4. The lowest BCUT2D eigenvalue weighted by Gasteiger charge is -2.34. The third kappa shape index (κ3) is 2.65. The summed E-state index contributed by atoms with van der Waals surface area (Å²) in [5.41, 5.74) is 0. The third-order valence-electron chi connectivity index (χ3n) is 2.17. The number of piperazine rings is 1. The maximum atomic E-state index is 11.3. The number of aliphatic hydroxyl groups excluding tert-OH is 1. The molecule has 1 heterocycles. The molecule has 0 saturated carbocycles. The summed E-state index contributed by atoms with van der Waals surface area (Å²) in [6.07, 6.45) is 0.461. The highest BCUT2D eigenvalue weighted by Gasteiger charge is 2.26. The molecule has 1 fully saturated rings. The highest BCUT2D eigenvalue weighted by molar-refractivity contribution is 5.79. The molecule has 0 spiro atoms. The lowest BCUT2D eigenvalue weighted by Crippen LogP contribution is -2.56. The Labute approximate surface area is 77.3 Å². The number of aliphatic hydroxyl groups is 1. The predicted octanol–water partition coefficient (Wildman–Crippen LogP) is -1.40. The smallest absolute Gasteiger partial charge is 0.236 e. The fourth-order valence-corrected chi connectivity index (χ4v) is 1.47. The fraction of sp³-hybridized carbons (Fsp3) is 0.875. The molecule has 1 atom stereocenters. The molecule has 1 aliphatic rings. The van der Waals surface area contributed by atoms with Gasteiger partial charge in [-0.3, -0.25) is 4.79 Å². The molecule has 0 aliphatic carbocycles. The van der Waals surface area contributed by atoms with Gasteiger partial charge >= 0.3 is 0 Å². The molecular weight excluding hydrogens is 172 g/mol. The zero-order valence-electron chi connectivity index (χ0n) is 7.53. The van der Waals surface area contributed by atoms with Gasteiger partial charge in [-0.25, -0.2) is 5.11 Å². The van der Waals surface area contributed by atoms with E-state index in [1.165, 1.54) is 0 Å². The van der Waals surface area contributed by atoms with E-state index < -0.39 is 0 Å². The number of carbonyl (C=O) groups is 1. The second-order valence-electron chi connectivity index (χ2n) is 3.11. The van der Waals surface area contributed by atoms with Crippen molar-refractivity contribution in [2.45, 2.75) is 12.5 Å². The van der Waals surface area contributed by atoms with Crippen LogP contribution in [0.25, 0.3) is 0 Å². The Bertz CT molecular complexity index is 175. The van der Waals surface area contributed by atoms with Crippen molar-refractivity contribution in [3.05, 3.63) is 0 Å². The summed E-state index contributed by atoms with van der Waals surface area (Å²) in [6.45, 7) is 1.18. The fourth-order valence-electron chi connectivity index (χ4n) is 1.47. The van der Waals surface area contributed by atoms with E-state index in [0.717, 1.165) is 0 Å². The summed E-state index contributed by atoms with van der Waals surface area (Å²) in [4.78, 5) is 12.9. The minimum absolute atomic E-state index is 0.0289. The monoisotopic (exact) mass is 187 g/mol. The van der Waals surface area contributed by atoms with Crippen molar-refractivity contribution in [1.82, 2.24) is 10.2 Å². The quantitative estimate of drug-likeness (QED) is 0.568. The van der Waals surface area contributed by atoms with Crippen molar-refractivity contribution >= 4 is 5.91 Å². The van der Waals surface area contributed by atoms with Crippen LogP contribution in [-0.2, 0) is 9.90 Å². The summed E-state index contributed by atoms with van der Waals surface area (Å²) in [6, 6.07) is -0.159. The van der Waals surface area contributed by atoms with Gasteiger partial charge in [0.25, 0.3) is 0 Å². The van der Waals surface area contributed by atoms with Crippen LogP contribution in [0.5, 0.6) is 0 Å². The van der Waals surface area contributed by atoms with Crippen LogP contribution in [-0.4, -0.2) is 54.8 Å². The number of amides is 1. The molecule has 5 heteroatoms. The van der Waals surface area contributed by atoms with Gasteiger partial charge in [0.15, 0.2) is 0 Å². The summed E-state index contributed by atoms with van der Waals surface area (Å²) >= 11 is 0. The third-order valence-corrected chi connectivity index (χ3v) is 2.17. The Balaban J connectivity index is 2.46. The molecule has 0 bridgehead atoms. The molecule has 75 valence electrons. The van der Waals surface area contributed by atoms with Crippen molar-refractivity contribution in [2.75, 3.05) is 32.8 Å². The van der Waals surface area contributed by atoms with Gasteiger partial charge in [-0.2, -0.15) is 0 Å². The molecule has 0 aromatic heterocycles. The summed E-state index contributed by atoms with van der Waals surface area (Å²) in [7, 11) is 0. The Hall–Kier alpha value is -0.650. The van der Waals surface area contributed by atoms with E-state index in [0.29, 0.717) is 26.1 Å². The minimum Gasteiger partial charge on any atom is -0.394 e. The van der Waals surface area contributed by atoms with Crippen molar-refractivity contribution in [2.24, 2.45) is 0 Å². The molecular formula is C8H15N2O3. The Morgan fingerprint density at radius 2 is 2.38 bits per heavy atom. The molecule has 2 N–H and O–H groups in total. The number of hydrogen-bond acceptors (Lipinski definition) is 3. The Morgan fingerprint density at radius 3 is 3.00 bits per heavy atom. The topological polar surface area (TPSA) is 72.5 Å². The van der Waals surface area contributed by atoms with Gasteiger partial charge in [0, 0.05) is 13.1 Å². The predicted molar refractivity (Wildman–Crippen MR) is 45.6 cm³/mol. The molecule has 1 aliphatic heterocycles. The summed E-state index contributed by atoms with van der Waals surface area (Å²) in [5.74, 6) is -0.0289. The van der Waals surface area contributed by atoms with Crippen molar-refractivity contribution < 1.29 is 15.0 Å². The van der Waals surface area contributed by atoms with Gasteiger partial charge in [-0.05, 0) is 6.42 Å². The Kier molecular flexibility index (Phi) is 4.14. The van der Waals surface area contributed by atoms with Crippen molar-refractivity contribution in [3.8, 4) is 0 Å². The van der Waals surface area contributed by atoms with E-state index in [1.54, 1.807) is 4.90 Å². The number of hydrogen-bond donors (Lipinski definition) is 2. The molecule has 5 nitrogen and oxygen atoms in total. The zero-order valence-corrected chi connectivity index (χ0v) is 7.53. The lowest BCUT2D eigenvalue weighted by molar-refractivity contribution is -0.136. The van der Waals surface area contributed by atoms with Gasteiger partial charge in [-0.15, -0.1) is 0 Å². The second-order valence-corrected chi connectivity index (χ2v) is 3.11. The van der Waals surface area contributed by atoms with Crippen LogP contribution in [0.4, 0.5) is 0 Å². The van der Waals surface area contributed by atoms with Gasteiger partial charge in [0.2, 0.25) is 5.91 Å². The molecule has 1 rings (SSSR count). The molecule has 1 unspecified atom stereocenters. The van der Waals surface area contributed by atoms with Crippen LogP contribution in [0, 0.1) is 0 Å². The van der Waals surface area contributed by atoms with E-state index in [9.17, 15) is 9.90 Å². The van der Waals surface area contributed by atoms with Crippen LogP contribution < -0.4 is 5.32 Å². The van der Waals surface area contributed by atoms with Gasteiger partial charge in [0.05, 0.1) is 25.8 Å². The number of nitrogens with zero attached hydrogens (tertiary/aromatic N) is 1. The van der Waals surface area contributed by atoms with E-state index in [-0.39, 0.29) is 25.2 Å². The highest BCUT2D eigenvalue weighted by Crippen LogP contribution is 2.04. The van der Waals surface area contributed by atoms with Crippen molar-refractivity contribution in [1.29, 1.82) is 0 Å². The average Bonchev–Trinajstić information content (AvgIpc) is 2.15. The van der Waals surface area contributed by atoms with Crippen LogP contribution in [0.15, 0.2) is 0 Å².